The molecule has 3 nitrogen and oxygen atoms in total. The highest BCUT2D eigenvalue weighted by atomic mass is 16.5. The Morgan fingerprint density at radius 1 is 1.54 bits per heavy atom. The van der Waals surface area contributed by atoms with Crippen molar-refractivity contribution >= 4 is 5.78 Å². The Morgan fingerprint density at radius 3 is 2.69 bits per heavy atom. The van der Waals surface area contributed by atoms with Gasteiger partial charge in [0.25, 0.3) is 0 Å². The lowest BCUT2D eigenvalue weighted by molar-refractivity contribution is -0.122. The number of rotatable bonds is 3. The molecule has 1 N–H and O–H groups in total. The second-order valence-corrected chi connectivity index (χ2v) is 4.63. The van der Waals surface area contributed by atoms with E-state index in [1.807, 2.05) is 0 Å². The van der Waals surface area contributed by atoms with Gasteiger partial charge >= 0.3 is 0 Å². The van der Waals surface area contributed by atoms with Crippen LogP contribution < -0.4 is 5.32 Å². The molecule has 0 saturated carbocycles. The normalized spacial score (nSPS) is 23.5. The van der Waals surface area contributed by atoms with Gasteiger partial charge in [-0.25, -0.2) is 0 Å². The molecular formula is C10H19NO2. The number of ether oxygens (including phenoxy) is 1. The van der Waals surface area contributed by atoms with Crippen molar-refractivity contribution < 1.29 is 9.53 Å². The zero-order valence-corrected chi connectivity index (χ0v) is 8.72. The first-order chi connectivity index (χ1) is 5.99. The summed E-state index contributed by atoms with van der Waals surface area (Å²) in [5, 5.41) is 3.19. The number of carbonyl (C=O) groups is 1. The minimum atomic E-state index is 0.0229. The summed E-state index contributed by atoms with van der Waals surface area (Å²) in [6.45, 7) is 8.01. The van der Waals surface area contributed by atoms with E-state index in [4.69, 9.17) is 4.74 Å². The van der Waals surface area contributed by atoms with E-state index >= 15 is 0 Å². The number of ketones is 1. The summed E-state index contributed by atoms with van der Waals surface area (Å²) < 4.78 is 5.16. The van der Waals surface area contributed by atoms with Gasteiger partial charge < -0.3 is 10.1 Å². The Bertz CT molecular complexity index is 178. The van der Waals surface area contributed by atoms with Crippen molar-refractivity contribution in [2.75, 3.05) is 19.8 Å². The number of hydrogen-bond donors (Lipinski definition) is 1. The predicted molar refractivity (Wildman–Crippen MR) is 51.7 cm³/mol. The van der Waals surface area contributed by atoms with Crippen molar-refractivity contribution in [1.29, 1.82) is 0 Å². The van der Waals surface area contributed by atoms with Crippen molar-refractivity contribution in [3.63, 3.8) is 0 Å². The molecule has 1 rings (SSSR count). The summed E-state index contributed by atoms with van der Waals surface area (Å²) in [5.41, 5.74) is 0.0229. The second kappa shape index (κ2) is 4.20. The van der Waals surface area contributed by atoms with Gasteiger partial charge in [0.1, 0.15) is 0 Å². The first-order valence-corrected chi connectivity index (χ1v) is 4.84. The van der Waals surface area contributed by atoms with Gasteiger partial charge in [-0.2, -0.15) is 0 Å². The van der Waals surface area contributed by atoms with Crippen molar-refractivity contribution in [2.24, 2.45) is 5.92 Å². The topological polar surface area (TPSA) is 38.3 Å². The minimum absolute atomic E-state index is 0.0229. The molecule has 76 valence electrons. The number of hydrogen-bond acceptors (Lipinski definition) is 3. The van der Waals surface area contributed by atoms with Crippen LogP contribution in [-0.4, -0.2) is 31.1 Å². The quantitative estimate of drug-likeness (QED) is 0.712. The van der Waals surface area contributed by atoms with Crippen LogP contribution in [0.1, 0.15) is 27.2 Å². The first kappa shape index (κ1) is 10.7. The predicted octanol–water partition coefficient (Wildman–Crippen LogP) is 0.980. The zero-order chi connectivity index (χ0) is 9.90. The van der Waals surface area contributed by atoms with E-state index in [1.165, 1.54) is 0 Å². The van der Waals surface area contributed by atoms with Crippen LogP contribution in [0.3, 0.4) is 0 Å². The molecule has 1 fully saturated rings. The van der Waals surface area contributed by atoms with Crippen molar-refractivity contribution in [1.82, 2.24) is 5.32 Å². The van der Waals surface area contributed by atoms with Gasteiger partial charge in [-0.15, -0.1) is 0 Å². The monoisotopic (exact) mass is 185 g/mol. The highest BCUT2D eigenvalue weighted by Crippen LogP contribution is 2.13. The molecule has 1 heterocycles. The fourth-order valence-corrected chi connectivity index (χ4v) is 1.29. The molecule has 0 aromatic rings. The van der Waals surface area contributed by atoms with Crippen LogP contribution in [0.25, 0.3) is 0 Å². The van der Waals surface area contributed by atoms with Crippen molar-refractivity contribution in [2.45, 2.75) is 32.7 Å². The van der Waals surface area contributed by atoms with E-state index in [-0.39, 0.29) is 17.2 Å². The van der Waals surface area contributed by atoms with Gasteiger partial charge in [0.2, 0.25) is 0 Å². The second-order valence-electron chi connectivity index (χ2n) is 4.63. The van der Waals surface area contributed by atoms with Gasteiger partial charge in [0.15, 0.2) is 5.78 Å². The van der Waals surface area contributed by atoms with Crippen LogP contribution in [0.4, 0.5) is 0 Å². The molecule has 1 saturated heterocycles. The third kappa shape index (κ3) is 3.87. The van der Waals surface area contributed by atoms with E-state index < -0.39 is 0 Å². The van der Waals surface area contributed by atoms with E-state index in [0.29, 0.717) is 13.2 Å². The molecule has 0 aromatic heterocycles. The van der Waals surface area contributed by atoms with E-state index in [9.17, 15) is 4.79 Å². The number of carbonyl (C=O) groups excluding carboxylic acids is 1. The molecule has 0 radical (unpaired) electrons. The highest BCUT2D eigenvalue weighted by Gasteiger charge is 2.23. The zero-order valence-electron chi connectivity index (χ0n) is 8.72. The molecule has 0 amide bonds. The maximum Gasteiger partial charge on any atom is 0.152 e. The largest absolute Gasteiger partial charge is 0.381 e. The smallest absolute Gasteiger partial charge is 0.152 e. The summed E-state index contributed by atoms with van der Waals surface area (Å²) in [4.78, 5) is 11.5. The Labute approximate surface area is 79.8 Å². The Balaban J connectivity index is 2.25. The summed E-state index contributed by atoms with van der Waals surface area (Å²) in [6, 6.07) is 0. The number of nitrogens with one attached hydrogen (secondary N) is 1. The lowest BCUT2D eigenvalue weighted by atomic mass is 10.0. The molecule has 3 heteroatoms. The van der Waals surface area contributed by atoms with Crippen LogP contribution in [0.2, 0.25) is 0 Å². The Hall–Kier alpha value is -0.410. The molecule has 1 aliphatic heterocycles. The maximum absolute atomic E-state index is 11.5. The minimum Gasteiger partial charge on any atom is -0.381 e. The van der Waals surface area contributed by atoms with Gasteiger partial charge in [-0.1, -0.05) is 0 Å². The Morgan fingerprint density at radius 2 is 2.23 bits per heavy atom. The maximum atomic E-state index is 11.5. The van der Waals surface area contributed by atoms with Crippen molar-refractivity contribution in [3.8, 4) is 0 Å². The van der Waals surface area contributed by atoms with Gasteiger partial charge in [0, 0.05) is 18.1 Å². The van der Waals surface area contributed by atoms with Gasteiger partial charge in [-0.3, -0.25) is 4.79 Å². The molecule has 1 atom stereocenters. The molecule has 13 heavy (non-hydrogen) atoms. The third-order valence-electron chi connectivity index (χ3n) is 2.18. The molecule has 0 aliphatic carbocycles. The van der Waals surface area contributed by atoms with Crippen LogP contribution in [0, 0.1) is 5.92 Å². The lowest BCUT2D eigenvalue weighted by Gasteiger charge is -2.20. The Kier molecular flexibility index (Phi) is 3.45. The van der Waals surface area contributed by atoms with Crippen molar-refractivity contribution in [3.05, 3.63) is 0 Å². The fourth-order valence-electron chi connectivity index (χ4n) is 1.29. The molecule has 0 aromatic carbocycles. The molecular weight excluding hydrogens is 166 g/mol. The molecule has 1 unspecified atom stereocenters. The number of Topliss-reactive ketones (excluding diaryl/α,β-unsaturated/α-hetero) is 1. The summed E-state index contributed by atoms with van der Waals surface area (Å²) in [6.07, 6.45) is 0.894. The molecule has 1 aliphatic rings. The average molecular weight is 185 g/mol. The van der Waals surface area contributed by atoms with Gasteiger partial charge in [0.05, 0.1) is 13.2 Å². The standard InChI is InChI=1S/C10H19NO2/c1-10(2,3)11-6-9(12)8-4-5-13-7-8/h8,11H,4-7H2,1-3H3. The summed E-state index contributed by atoms with van der Waals surface area (Å²) in [5.74, 6) is 0.419. The van der Waals surface area contributed by atoms with Crippen LogP contribution in [0.5, 0.6) is 0 Å². The SMILES string of the molecule is CC(C)(C)NCC(=O)C1CCOC1. The average Bonchev–Trinajstić information content (AvgIpc) is 2.50. The van der Waals surface area contributed by atoms with Crippen LogP contribution >= 0.6 is 0 Å². The van der Waals surface area contributed by atoms with Crippen LogP contribution in [0.15, 0.2) is 0 Å². The van der Waals surface area contributed by atoms with E-state index in [0.717, 1.165) is 13.0 Å². The van der Waals surface area contributed by atoms with E-state index in [2.05, 4.69) is 26.1 Å². The molecule has 0 bridgehead atoms. The van der Waals surface area contributed by atoms with Gasteiger partial charge in [-0.05, 0) is 27.2 Å². The van der Waals surface area contributed by atoms with E-state index in [1.54, 1.807) is 0 Å². The first-order valence-electron chi connectivity index (χ1n) is 4.84. The molecule has 0 spiro atoms. The summed E-state index contributed by atoms with van der Waals surface area (Å²) >= 11 is 0. The fraction of sp³-hybridized carbons (Fsp3) is 0.900. The summed E-state index contributed by atoms with van der Waals surface area (Å²) in [7, 11) is 0. The third-order valence-corrected chi connectivity index (χ3v) is 2.18. The highest BCUT2D eigenvalue weighted by molar-refractivity contribution is 5.83. The van der Waals surface area contributed by atoms with Crippen LogP contribution in [-0.2, 0) is 9.53 Å². The lowest BCUT2D eigenvalue weighted by Crippen LogP contribution is -2.41.